The molecule has 0 radical (unpaired) electrons. The lowest BCUT2D eigenvalue weighted by molar-refractivity contribution is -0.135. The fourth-order valence-corrected chi connectivity index (χ4v) is 1.69. The van der Waals surface area contributed by atoms with E-state index in [1.807, 2.05) is 0 Å². The number of carboxylic acid groups (broad SMARTS) is 1. The molecule has 0 bridgehead atoms. The van der Waals surface area contributed by atoms with Crippen LogP contribution in [0.2, 0.25) is 0 Å². The molecule has 1 heterocycles. The van der Waals surface area contributed by atoms with Gasteiger partial charge in [0, 0.05) is 26.2 Å². The minimum atomic E-state index is -0.783. The summed E-state index contributed by atoms with van der Waals surface area (Å²) >= 11 is 0. The highest BCUT2D eigenvalue weighted by Gasteiger charge is 2.12. The summed E-state index contributed by atoms with van der Waals surface area (Å²) in [7, 11) is 2.14. The molecule has 5 nitrogen and oxygen atoms in total. The van der Waals surface area contributed by atoms with Crippen LogP contribution in [0.4, 0.5) is 0 Å². The molecule has 88 valence electrons. The molecule has 1 aliphatic rings. The molecular formula is C10H21N3O2. The fraction of sp³-hybridized carbons (Fsp3) is 0.900. The van der Waals surface area contributed by atoms with Crippen LogP contribution in [0.5, 0.6) is 0 Å². The normalized spacial score (nSPS) is 19.3. The Morgan fingerprint density at radius 2 is 2.00 bits per heavy atom. The number of rotatable bonds is 6. The first-order chi connectivity index (χ1) is 7.18. The van der Waals surface area contributed by atoms with Crippen molar-refractivity contribution in [2.45, 2.75) is 6.42 Å². The number of hydrogen-bond acceptors (Lipinski definition) is 4. The second kappa shape index (κ2) is 6.76. The van der Waals surface area contributed by atoms with Crippen molar-refractivity contribution in [1.82, 2.24) is 15.1 Å². The highest BCUT2D eigenvalue weighted by Crippen LogP contribution is 1.99. The van der Waals surface area contributed by atoms with E-state index in [9.17, 15) is 4.79 Å². The Morgan fingerprint density at radius 1 is 1.33 bits per heavy atom. The van der Waals surface area contributed by atoms with E-state index >= 15 is 0 Å². The number of aliphatic carboxylic acids is 1. The van der Waals surface area contributed by atoms with E-state index in [-0.39, 0.29) is 6.54 Å². The minimum Gasteiger partial charge on any atom is -0.480 e. The maximum Gasteiger partial charge on any atom is 0.317 e. The summed E-state index contributed by atoms with van der Waals surface area (Å²) < 4.78 is 0. The van der Waals surface area contributed by atoms with Gasteiger partial charge < -0.3 is 20.2 Å². The van der Waals surface area contributed by atoms with Crippen LogP contribution in [-0.4, -0.2) is 73.7 Å². The Morgan fingerprint density at radius 3 is 2.60 bits per heavy atom. The summed E-state index contributed by atoms with van der Waals surface area (Å²) in [4.78, 5) is 15.0. The molecule has 0 amide bonds. The van der Waals surface area contributed by atoms with Crippen LogP contribution in [0.15, 0.2) is 0 Å². The zero-order valence-electron chi connectivity index (χ0n) is 9.41. The minimum absolute atomic E-state index is 0.0722. The first-order valence-electron chi connectivity index (χ1n) is 5.52. The Balaban J connectivity index is 1.94. The summed E-state index contributed by atoms with van der Waals surface area (Å²) in [5.74, 6) is -0.783. The van der Waals surface area contributed by atoms with Gasteiger partial charge in [0.15, 0.2) is 0 Å². The highest BCUT2D eigenvalue weighted by atomic mass is 16.4. The molecular weight excluding hydrogens is 194 g/mol. The molecule has 5 heteroatoms. The van der Waals surface area contributed by atoms with Crippen molar-refractivity contribution in [3.63, 3.8) is 0 Å². The van der Waals surface area contributed by atoms with Gasteiger partial charge in [-0.05, 0) is 26.6 Å². The van der Waals surface area contributed by atoms with Crippen LogP contribution in [0, 0.1) is 0 Å². The monoisotopic (exact) mass is 215 g/mol. The smallest absolute Gasteiger partial charge is 0.317 e. The number of carbonyl (C=O) groups is 1. The van der Waals surface area contributed by atoms with Crippen LogP contribution in [-0.2, 0) is 4.79 Å². The Hall–Kier alpha value is -0.650. The fourth-order valence-electron chi connectivity index (χ4n) is 1.69. The lowest BCUT2D eigenvalue weighted by Crippen LogP contribution is -2.45. The largest absolute Gasteiger partial charge is 0.480 e. The summed E-state index contributed by atoms with van der Waals surface area (Å²) in [6.07, 6.45) is 1.02. The number of carboxylic acids is 1. The van der Waals surface area contributed by atoms with E-state index < -0.39 is 5.97 Å². The van der Waals surface area contributed by atoms with Gasteiger partial charge in [0.1, 0.15) is 0 Å². The number of piperazine rings is 1. The SMILES string of the molecule is CN1CCN(CCCNCC(=O)O)CC1. The van der Waals surface area contributed by atoms with E-state index in [0.717, 1.165) is 45.7 Å². The van der Waals surface area contributed by atoms with Gasteiger partial charge in [-0.3, -0.25) is 4.79 Å². The molecule has 1 saturated heterocycles. The van der Waals surface area contributed by atoms with Gasteiger partial charge in [0.05, 0.1) is 6.54 Å². The number of nitrogens with one attached hydrogen (secondary N) is 1. The van der Waals surface area contributed by atoms with E-state index in [0.29, 0.717) is 0 Å². The quantitative estimate of drug-likeness (QED) is 0.574. The van der Waals surface area contributed by atoms with Crippen molar-refractivity contribution < 1.29 is 9.90 Å². The second-order valence-electron chi connectivity index (χ2n) is 4.07. The molecule has 0 aromatic rings. The van der Waals surface area contributed by atoms with E-state index in [2.05, 4.69) is 22.2 Å². The lowest BCUT2D eigenvalue weighted by atomic mass is 10.3. The third-order valence-corrected chi connectivity index (χ3v) is 2.70. The highest BCUT2D eigenvalue weighted by molar-refractivity contribution is 5.68. The number of likely N-dealkylation sites (N-methyl/N-ethyl adjacent to an activating group) is 1. The first-order valence-corrected chi connectivity index (χ1v) is 5.52. The van der Waals surface area contributed by atoms with Crippen LogP contribution in [0.25, 0.3) is 0 Å². The van der Waals surface area contributed by atoms with Crippen molar-refractivity contribution >= 4 is 5.97 Å². The number of nitrogens with zero attached hydrogens (tertiary/aromatic N) is 2. The summed E-state index contributed by atoms with van der Waals surface area (Å²) in [6.45, 7) is 6.48. The number of hydrogen-bond donors (Lipinski definition) is 2. The Labute approximate surface area is 91.0 Å². The average molecular weight is 215 g/mol. The molecule has 0 aromatic carbocycles. The summed E-state index contributed by atoms with van der Waals surface area (Å²) in [5.41, 5.74) is 0. The molecule has 0 unspecified atom stereocenters. The van der Waals surface area contributed by atoms with Gasteiger partial charge >= 0.3 is 5.97 Å². The van der Waals surface area contributed by atoms with Crippen LogP contribution >= 0.6 is 0 Å². The van der Waals surface area contributed by atoms with E-state index in [1.54, 1.807) is 0 Å². The average Bonchev–Trinajstić information content (AvgIpc) is 2.20. The predicted molar refractivity (Wildman–Crippen MR) is 59.1 cm³/mol. The predicted octanol–water partition coefficient (Wildman–Crippen LogP) is -0.702. The molecule has 1 aliphatic heterocycles. The van der Waals surface area contributed by atoms with E-state index in [1.165, 1.54) is 0 Å². The zero-order chi connectivity index (χ0) is 11.1. The topological polar surface area (TPSA) is 55.8 Å². The zero-order valence-corrected chi connectivity index (χ0v) is 9.41. The van der Waals surface area contributed by atoms with Crippen molar-refractivity contribution in [1.29, 1.82) is 0 Å². The maximum absolute atomic E-state index is 10.2. The van der Waals surface area contributed by atoms with Crippen LogP contribution in [0.1, 0.15) is 6.42 Å². The molecule has 0 spiro atoms. The maximum atomic E-state index is 10.2. The standard InChI is InChI=1S/C10H21N3O2/c1-12-5-7-13(8-6-12)4-2-3-11-9-10(14)15/h11H,2-9H2,1H3,(H,14,15). The second-order valence-corrected chi connectivity index (χ2v) is 4.07. The van der Waals surface area contributed by atoms with Crippen molar-refractivity contribution in [3.8, 4) is 0 Å². The van der Waals surface area contributed by atoms with Gasteiger partial charge in [0.2, 0.25) is 0 Å². The molecule has 1 fully saturated rings. The van der Waals surface area contributed by atoms with Gasteiger partial charge in [-0.2, -0.15) is 0 Å². The van der Waals surface area contributed by atoms with E-state index in [4.69, 9.17) is 5.11 Å². The summed E-state index contributed by atoms with van der Waals surface area (Å²) in [6, 6.07) is 0. The third-order valence-electron chi connectivity index (χ3n) is 2.70. The molecule has 0 aliphatic carbocycles. The van der Waals surface area contributed by atoms with Crippen LogP contribution in [0.3, 0.4) is 0 Å². The first kappa shape index (κ1) is 12.4. The molecule has 15 heavy (non-hydrogen) atoms. The van der Waals surface area contributed by atoms with Crippen molar-refractivity contribution in [2.75, 3.05) is 52.9 Å². The van der Waals surface area contributed by atoms with Gasteiger partial charge in [-0.15, -0.1) is 0 Å². The Kier molecular flexibility index (Phi) is 5.60. The molecule has 0 atom stereocenters. The third kappa shape index (κ3) is 5.71. The van der Waals surface area contributed by atoms with Crippen molar-refractivity contribution in [3.05, 3.63) is 0 Å². The molecule has 1 rings (SSSR count). The molecule has 0 saturated carbocycles. The van der Waals surface area contributed by atoms with Gasteiger partial charge in [-0.25, -0.2) is 0 Å². The van der Waals surface area contributed by atoms with Crippen LogP contribution < -0.4 is 5.32 Å². The summed E-state index contributed by atoms with van der Waals surface area (Å²) in [5, 5.41) is 11.3. The van der Waals surface area contributed by atoms with Gasteiger partial charge in [-0.1, -0.05) is 0 Å². The molecule has 2 N–H and O–H groups in total. The van der Waals surface area contributed by atoms with Crippen molar-refractivity contribution in [2.24, 2.45) is 0 Å². The Bertz CT molecular complexity index is 191. The molecule has 0 aromatic heterocycles. The lowest BCUT2D eigenvalue weighted by Gasteiger charge is -2.32. The van der Waals surface area contributed by atoms with Gasteiger partial charge in [0.25, 0.3) is 0 Å².